The summed E-state index contributed by atoms with van der Waals surface area (Å²) in [5, 5.41) is 9.91. The van der Waals surface area contributed by atoms with E-state index in [4.69, 9.17) is 10.7 Å². The van der Waals surface area contributed by atoms with Gasteiger partial charge in [0.2, 0.25) is 0 Å². The number of aryl methyl sites for hydroxylation is 1. The number of likely N-dealkylation sites (tertiary alicyclic amines) is 1. The van der Waals surface area contributed by atoms with E-state index in [1.54, 1.807) is 0 Å². The summed E-state index contributed by atoms with van der Waals surface area (Å²) in [4.78, 5) is 7.32. The molecule has 6 heteroatoms. The molecule has 2 atom stereocenters. The van der Waals surface area contributed by atoms with Crippen molar-refractivity contribution in [2.45, 2.75) is 32.4 Å². The molecular formula is C22H24N6. The zero-order valence-electron chi connectivity index (χ0n) is 16.2. The van der Waals surface area contributed by atoms with Crippen molar-refractivity contribution in [1.29, 1.82) is 0 Å². The zero-order valence-corrected chi connectivity index (χ0v) is 16.2. The molecule has 1 saturated heterocycles. The highest BCUT2D eigenvalue weighted by Crippen LogP contribution is 2.27. The molecule has 4 heterocycles. The largest absolute Gasteiger partial charge is 0.326 e. The van der Waals surface area contributed by atoms with Gasteiger partial charge in [-0.1, -0.05) is 30.3 Å². The molecule has 0 radical (unpaired) electrons. The number of hydrogen-bond donors (Lipinski definition) is 1. The summed E-state index contributed by atoms with van der Waals surface area (Å²) >= 11 is 0. The van der Waals surface area contributed by atoms with E-state index in [1.807, 2.05) is 16.5 Å². The normalized spacial score (nSPS) is 18.9. The first-order chi connectivity index (χ1) is 13.6. The van der Waals surface area contributed by atoms with Gasteiger partial charge in [-0.2, -0.15) is 0 Å². The summed E-state index contributed by atoms with van der Waals surface area (Å²) in [6.45, 7) is 6.31. The molecule has 0 unspecified atom stereocenters. The minimum Gasteiger partial charge on any atom is -0.326 e. The molecule has 6 nitrogen and oxygen atoms in total. The third-order valence-corrected chi connectivity index (χ3v) is 5.86. The number of para-hydroxylation sites is 1. The van der Waals surface area contributed by atoms with Crippen molar-refractivity contribution in [2.24, 2.45) is 5.73 Å². The topological polar surface area (TPSA) is 72.3 Å². The molecule has 0 aliphatic carbocycles. The first-order valence-corrected chi connectivity index (χ1v) is 9.81. The number of fused-ring (bicyclic) bond motifs is 2. The number of hydrogen-bond acceptors (Lipinski definition) is 5. The van der Waals surface area contributed by atoms with E-state index in [1.165, 1.54) is 5.56 Å². The van der Waals surface area contributed by atoms with Crippen molar-refractivity contribution in [2.75, 3.05) is 13.1 Å². The van der Waals surface area contributed by atoms with Gasteiger partial charge in [-0.15, -0.1) is 10.2 Å². The van der Waals surface area contributed by atoms with Gasteiger partial charge in [0.1, 0.15) is 5.69 Å². The van der Waals surface area contributed by atoms with Gasteiger partial charge in [0.05, 0.1) is 5.52 Å². The highest BCUT2D eigenvalue weighted by Gasteiger charge is 2.25. The van der Waals surface area contributed by atoms with Crippen molar-refractivity contribution >= 4 is 16.6 Å². The van der Waals surface area contributed by atoms with Gasteiger partial charge in [-0.3, -0.25) is 9.30 Å². The number of nitrogens with two attached hydrogens (primary N) is 1. The van der Waals surface area contributed by atoms with Gasteiger partial charge >= 0.3 is 0 Å². The van der Waals surface area contributed by atoms with Crippen molar-refractivity contribution in [3.8, 4) is 11.5 Å². The quantitative estimate of drug-likeness (QED) is 0.597. The van der Waals surface area contributed by atoms with Crippen molar-refractivity contribution < 1.29 is 0 Å². The molecule has 1 aliphatic rings. The van der Waals surface area contributed by atoms with Gasteiger partial charge < -0.3 is 5.73 Å². The Morgan fingerprint density at radius 1 is 1.11 bits per heavy atom. The standard InChI is InChI=1S/C22H24N6/c1-14-4-3-5-16-6-8-19(24-21(14)16)22-26-25-20-9-7-17(12-28(20)22)15(2)27-11-10-18(23)13-27/h3-9,12,15,18H,10-11,13,23H2,1-2H3/t15-,18-/m0/s1. The maximum Gasteiger partial charge on any atom is 0.187 e. The Labute approximate surface area is 164 Å². The molecule has 0 spiro atoms. The first-order valence-electron chi connectivity index (χ1n) is 9.81. The van der Waals surface area contributed by atoms with Crippen molar-refractivity contribution in [1.82, 2.24) is 24.5 Å². The Kier molecular flexibility index (Phi) is 4.10. The molecule has 28 heavy (non-hydrogen) atoms. The maximum atomic E-state index is 6.10. The van der Waals surface area contributed by atoms with E-state index < -0.39 is 0 Å². The Hall–Kier alpha value is -2.83. The number of benzene rings is 1. The maximum absolute atomic E-state index is 6.10. The molecule has 0 amide bonds. The van der Waals surface area contributed by atoms with Crippen LogP contribution in [-0.2, 0) is 0 Å². The molecule has 4 aromatic rings. The fourth-order valence-corrected chi connectivity index (χ4v) is 4.13. The van der Waals surface area contributed by atoms with Crippen molar-refractivity contribution in [3.63, 3.8) is 0 Å². The summed E-state index contributed by atoms with van der Waals surface area (Å²) in [5.74, 6) is 0.771. The van der Waals surface area contributed by atoms with Crippen LogP contribution in [0.5, 0.6) is 0 Å². The van der Waals surface area contributed by atoms with E-state index >= 15 is 0 Å². The van der Waals surface area contributed by atoms with Crippen LogP contribution in [0, 0.1) is 6.92 Å². The minimum atomic E-state index is 0.279. The Balaban J connectivity index is 1.58. The summed E-state index contributed by atoms with van der Waals surface area (Å²) in [7, 11) is 0. The van der Waals surface area contributed by atoms with Crippen LogP contribution in [0.25, 0.3) is 28.1 Å². The average molecular weight is 372 g/mol. The lowest BCUT2D eigenvalue weighted by atomic mass is 10.1. The minimum absolute atomic E-state index is 0.279. The zero-order chi connectivity index (χ0) is 19.3. The Morgan fingerprint density at radius 2 is 2.00 bits per heavy atom. The van der Waals surface area contributed by atoms with Gasteiger partial charge in [-0.05, 0) is 43.5 Å². The van der Waals surface area contributed by atoms with E-state index in [0.29, 0.717) is 6.04 Å². The number of rotatable bonds is 3. The predicted octanol–water partition coefficient (Wildman–Crippen LogP) is 3.35. The lowest BCUT2D eigenvalue weighted by Crippen LogP contribution is -2.28. The van der Waals surface area contributed by atoms with Crippen LogP contribution in [0.15, 0.2) is 48.7 Å². The molecule has 2 N–H and O–H groups in total. The fraction of sp³-hybridized carbons (Fsp3) is 0.318. The second-order valence-electron chi connectivity index (χ2n) is 7.78. The summed E-state index contributed by atoms with van der Waals surface area (Å²) in [6, 6.07) is 15.1. The smallest absolute Gasteiger partial charge is 0.187 e. The van der Waals surface area contributed by atoms with Gasteiger partial charge in [0.25, 0.3) is 0 Å². The van der Waals surface area contributed by atoms with Crippen LogP contribution in [0.3, 0.4) is 0 Å². The third kappa shape index (κ3) is 2.85. The highest BCUT2D eigenvalue weighted by atomic mass is 15.3. The van der Waals surface area contributed by atoms with Gasteiger partial charge in [0, 0.05) is 36.8 Å². The summed E-state index contributed by atoms with van der Waals surface area (Å²) in [6.07, 6.45) is 3.20. The lowest BCUT2D eigenvalue weighted by Gasteiger charge is -2.24. The van der Waals surface area contributed by atoms with Gasteiger partial charge in [-0.25, -0.2) is 4.98 Å². The molecule has 1 fully saturated rings. The predicted molar refractivity (Wildman–Crippen MR) is 111 cm³/mol. The second-order valence-corrected chi connectivity index (χ2v) is 7.78. The van der Waals surface area contributed by atoms with Crippen LogP contribution >= 0.6 is 0 Å². The van der Waals surface area contributed by atoms with Crippen LogP contribution in [0.2, 0.25) is 0 Å². The van der Waals surface area contributed by atoms with E-state index in [2.05, 4.69) is 65.5 Å². The number of nitrogens with zero attached hydrogens (tertiary/aromatic N) is 5. The molecule has 1 aliphatic heterocycles. The first kappa shape index (κ1) is 17.3. The number of aromatic nitrogens is 4. The van der Waals surface area contributed by atoms with Crippen LogP contribution in [0.4, 0.5) is 0 Å². The molecule has 0 saturated carbocycles. The Morgan fingerprint density at radius 3 is 2.82 bits per heavy atom. The van der Waals surface area contributed by atoms with E-state index in [0.717, 1.165) is 53.1 Å². The summed E-state index contributed by atoms with van der Waals surface area (Å²) < 4.78 is 2.05. The van der Waals surface area contributed by atoms with Crippen LogP contribution < -0.4 is 5.73 Å². The molecule has 3 aromatic heterocycles. The van der Waals surface area contributed by atoms with Crippen molar-refractivity contribution in [3.05, 3.63) is 59.8 Å². The monoisotopic (exact) mass is 372 g/mol. The average Bonchev–Trinajstić information content (AvgIpc) is 3.33. The molecule has 0 bridgehead atoms. The van der Waals surface area contributed by atoms with Crippen LogP contribution in [-0.4, -0.2) is 43.6 Å². The Bertz CT molecular complexity index is 1160. The number of pyridine rings is 2. The fourth-order valence-electron chi connectivity index (χ4n) is 4.13. The molecule has 1 aromatic carbocycles. The SMILES string of the molecule is Cc1cccc2ccc(-c3nnc4ccc([C@H](C)N5CC[C@H](N)C5)cn34)nc12. The molecule has 5 rings (SSSR count). The highest BCUT2D eigenvalue weighted by molar-refractivity contribution is 5.83. The molecular weight excluding hydrogens is 348 g/mol. The summed E-state index contributed by atoms with van der Waals surface area (Å²) in [5.41, 5.74) is 11.2. The second kappa shape index (κ2) is 6.65. The van der Waals surface area contributed by atoms with Gasteiger partial charge in [0.15, 0.2) is 11.5 Å². The third-order valence-electron chi connectivity index (χ3n) is 5.86. The molecule has 142 valence electrons. The van der Waals surface area contributed by atoms with E-state index in [9.17, 15) is 0 Å². The van der Waals surface area contributed by atoms with Crippen LogP contribution in [0.1, 0.15) is 30.5 Å². The van der Waals surface area contributed by atoms with E-state index in [-0.39, 0.29) is 6.04 Å². The lowest BCUT2D eigenvalue weighted by molar-refractivity contribution is 0.259.